The fourth-order valence-corrected chi connectivity index (χ4v) is 2.32. The van der Waals surface area contributed by atoms with E-state index in [1.165, 1.54) is 12.1 Å². The van der Waals surface area contributed by atoms with Crippen molar-refractivity contribution in [3.63, 3.8) is 0 Å². The summed E-state index contributed by atoms with van der Waals surface area (Å²) in [6, 6.07) is 9.76. The molecule has 5 heteroatoms. The van der Waals surface area contributed by atoms with Crippen LogP contribution in [-0.4, -0.2) is 6.61 Å². The van der Waals surface area contributed by atoms with E-state index < -0.39 is 0 Å². The van der Waals surface area contributed by atoms with Crippen molar-refractivity contribution >= 4 is 23.2 Å². The van der Waals surface area contributed by atoms with Crippen molar-refractivity contribution in [2.45, 2.75) is 19.4 Å². The Morgan fingerprint density at radius 2 is 1.90 bits per heavy atom. The Balaban J connectivity index is 2.22. The van der Waals surface area contributed by atoms with Crippen molar-refractivity contribution < 1.29 is 13.9 Å². The lowest BCUT2D eigenvalue weighted by Gasteiger charge is -2.15. The van der Waals surface area contributed by atoms with E-state index in [9.17, 15) is 4.39 Å². The first-order valence-corrected chi connectivity index (χ1v) is 7.44. The summed E-state index contributed by atoms with van der Waals surface area (Å²) in [4.78, 5) is 0. The van der Waals surface area contributed by atoms with Crippen LogP contribution in [0.2, 0.25) is 5.02 Å². The third kappa shape index (κ3) is 4.02. The largest absolute Gasteiger partial charge is 0.490 e. The van der Waals surface area contributed by atoms with Gasteiger partial charge < -0.3 is 9.47 Å². The van der Waals surface area contributed by atoms with Gasteiger partial charge >= 0.3 is 0 Å². The molecule has 2 aromatic carbocycles. The van der Waals surface area contributed by atoms with E-state index in [2.05, 4.69) is 0 Å². The Morgan fingerprint density at radius 3 is 2.57 bits per heavy atom. The topological polar surface area (TPSA) is 18.5 Å². The van der Waals surface area contributed by atoms with Gasteiger partial charge in [0.25, 0.3) is 0 Å². The van der Waals surface area contributed by atoms with Crippen molar-refractivity contribution in [3.05, 3.63) is 58.4 Å². The Bertz CT molecular complexity index is 617. The molecule has 0 spiro atoms. The van der Waals surface area contributed by atoms with Crippen LogP contribution in [0.1, 0.15) is 18.1 Å². The molecule has 21 heavy (non-hydrogen) atoms. The number of rotatable bonds is 6. The van der Waals surface area contributed by atoms with E-state index in [4.69, 9.17) is 32.7 Å². The summed E-state index contributed by atoms with van der Waals surface area (Å²) in [7, 11) is 0. The number of para-hydroxylation sites is 1. The van der Waals surface area contributed by atoms with Crippen molar-refractivity contribution in [1.82, 2.24) is 0 Å². The Morgan fingerprint density at radius 1 is 1.10 bits per heavy atom. The molecule has 0 bridgehead atoms. The third-order valence-electron chi connectivity index (χ3n) is 2.89. The van der Waals surface area contributed by atoms with E-state index in [1.54, 1.807) is 6.07 Å². The van der Waals surface area contributed by atoms with Gasteiger partial charge in [-0.1, -0.05) is 29.8 Å². The van der Waals surface area contributed by atoms with Crippen LogP contribution in [0.5, 0.6) is 11.5 Å². The summed E-state index contributed by atoms with van der Waals surface area (Å²) in [5, 5.41) is 0.330. The maximum Gasteiger partial charge on any atom is 0.166 e. The maximum atomic E-state index is 13.0. The first kappa shape index (κ1) is 15.9. The fourth-order valence-electron chi connectivity index (χ4n) is 1.89. The molecular weight excluding hydrogens is 314 g/mol. The summed E-state index contributed by atoms with van der Waals surface area (Å²) in [5.41, 5.74) is 1.53. The molecule has 0 fully saturated rings. The molecule has 0 radical (unpaired) electrons. The summed E-state index contributed by atoms with van der Waals surface area (Å²) >= 11 is 11.9. The van der Waals surface area contributed by atoms with Crippen LogP contribution < -0.4 is 9.47 Å². The monoisotopic (exact) mass is 328 g/mol. The van der Waals surface area contributed by atoms with E-state index in [-0.39, 0.29) is 12.4 Å². The minimum absolute atomic E-state index is 0.215. The van der Waals surface area contributed by atoms with Crippen molar-refractivity contribution in [2.24, 2.45) is 0 Å². The highest BCUT2D eigenvalue weighted by atomic mass is 35.5. The lowest BCUT2D eigenvalue weighted by Crippen LogP contribution is -2.02. The molecule has 0 heterocycles. The molecule has 0 saturated carbocycles. The van der Waals surface area contributed by atoms with E-state index >= 15 is 0 Å². The average molecular weight is 329 g/mol. The first-order chi connectivity index (χ1) is 10.2. The second-order valence-electron chi connectivity index (χ2n) is 4.34. The zero-order chi connectivity index (χ0) is 15.2. The van der Waals surface area contributed by atoms with Gasteiger partial charge in [-0.25, -0.2) is 4.39 Å². The predicted octanol–water partition coefficient (Wildman–Crippen LogP) is 5.20. The van der Waals surface area contributed by atoms with Gasteiger partial charge in [0.15, 0.2) is 11.5 Å². The number of hydrogen-bond acceptors (Lipinski definition) is 2. The predicted molar refractivity (Wildman–Crippen MR) is 82.9 cm³/mol. The normalized spacial score (nSPS) is 10.5. The Kier molecular flexibility index (Phi) is 5.71. The van der Waals surface area contributed by atoms with Crippen LogP contribution in [0, 0.1) is 5.82 Å². The highest BCUT2D eigenvalue weighted by molar-refractivity contribution is 6.31. The second-order valence-corrected chi connectivity index (χ2v) is 5.01. The number of halogens is 3. The molecule has 0 aliphatic heterocycles. The van der Waals surface area contributed by atoms with E-state index in [0.717, 1.165) is 5.56 Å². The van der Waals surface area contributed by atoms with Gasteiger partial charge in [-0.15, -0.1) is 11.6 Å². The van der Waals surface area contributed by atoms with Gasteiger partial charge in [-0.3, -0.25) is 0 Å². The number of hydrogen-bond donors (Lipinski definition) is 0. The van der Waals surface area contributed by atoms with Crippen molar-refractivity contribution in [1.29, 1.82) is 0 Å². The fraction of sp³-hybridized carbons (Fsp3) is 0.250. The third-order valence-corrected chi connectivity index (χ3v) is 3.53. The molecule has 2 rings (SSSR count). The number of ether oxygens (including phenoxy) is 2. The van der Waals surface area contributed by atoms with Crippen LogP contribution >= 0.6 is 23.2 Å². The van der Waals surface area contributed by atoms with Crippen LogP contribution in [0.15, 0.2) is 36.4 Å². The minimum Gasteiger partial charge on any atom is -0.490 e. The van der Waals surface area contributed by atoms with Crippen LogP contribution in [-0.2, 0) is 12.5 Å². The second kappa shape index (κ2) is 7.53. The Labute approximate surface area is 133 Å². The lowest BCUT2D eigenvalue weighted by atomic mass is 10.2. The molecule has 2 aromatic rings. The number of alkyl halides is 1. The summed E-state index contributed by atoms with van der Waals surface area (Å²) < 4.78 is 24.4. The van der Waals surface area contributed by atoms with Gasteiger partial charge in [0.2, 0.25) is 0 Å². The van der Waals surface area contributed by atoms with Crippen LogP contribution in [0.25, 0.3) is 0 Å². The molecule has 0 saturated heterocycles. The van der Waals surface area contributed by atoms with Gasteiger partial charge in [0.1, 0.15) is 12.4 Å². The zero-order valence-electron chi connectivity index (χ0n) is 11.5. The average Bonchev–Trinajstić information content (AvgIpc) is 2.47. The zero-order valence-corrected chi connectivity index (χ0v) is 13.0. The molecular formula is C16H15Cl2FO2. The molecule has 0 aromatic heterocycles. The van der Waals surface area contributed by atoms with Crippen molar-refractivity contribution in [2.75, 3.05) is 6.61 Å². The van der Waals surface area contributed by atoms with Gasteiger partial charge in [0.05, 0.1) is 17.5 Å². The van der Waals surface area contributed by atoms with Gasteiger partial charge in [0, 0.05) is 11.1 Å². The standard InChI is InChI=1S/C16H15Cl2FO2/c1-2-20-15-5-3-4-11(9-17)16(15)21-10-12-6-7-13(19)8-14(12)18/h3-8H,2,9-10H2,1H3. The molecule has 0 N–H and O–H groups in total. The molecule has 0 atom stereocenters. The van der Waals surface area contributed by atoms with Crippen LogP contribution in [0.4, 0.5) is 4.39 Å². The Hall–Kier alpha value is -1.45. The van der Waals surface area contributed by atoms with Gasteiger partial charge in [-0.05, 0) is 25.1 Å². The quantitative estimate of drug-likeness (QED) is 0.679. The molecule has 0 aliphatic carbocycles. The molecule has 0 unspecified atom stereocenters. The molecule has 0 amide bonds. The van der Waals surface area contributed by atoms with Crippen LogP contribution in [0.3, 0.4) is 0 Å². The molecule has 112 valence electrons. The first-order valence-electron chi connectivity index (χ1n) is 6.53. The van der Waals surface area contributed by atoms with E-state index in [1.807, 2.05) is 25.1 Å². The summed E-state index contributed by atoms with van der Waals surface area (Å²) in [5.74, 6) is 1.16. The van der Waals surface area contributed by atoms with Gasteiger partial charge in [-0.2, -0.15) is 0 Å². The number of benzene rings is 2. The molecule has 2 nitrogen and oxygen atoms in total. The SMILES string of the molecule is CCOc1cccc(CCl)c1OCc1ccc(F)cc1Cl. The highest BCUT2D eigenvalue weighted by Crippen LogP contribution is 2.33. The smallest absolute Gasteiger partial charge is 0.166 e. The van der Waals surface area contributed by atoms with Crippen molar-refractivity contribution in [3.8, 4) is 11.5 Å². The molecule has 0 aliphatic rings. The lowest BCUT2D eigenvalue weighted by molar-refractivity contribution is 0.267. The highest BCUT2D eigenvalue weighted by Gasteiger charge is 2.12. The summed E-state index contributed by atoms with van der Waals surface area (Å²) in [6.07, 6.45) is 0. The maximum absolute atomic E-state index is 13.0. The minimum atomic E-state index is -0.375. The van der Waals surface area contributed by atoms with E-state index in [0.29, 0.717) is 34.6 Å². The summed E-state index contributed by atoms with van der Waals surface area (Å²) in [6.45, 7) is 2.64.